The molecule has 0 heterocycles. The molecular formula is C17H15FN2O3. The molecule has 6 heteroatoms. The first kappa shape index (κ1) is 16.3. The Kier molecular flexibility index (Phi) is 5.53. The van der Waals surface area contributed by atoms with Crippen LogP contribution in [-0.2, 0) is 11.4 Å². The monoisotopic (exact) mass is 314 g/mol. The van der Waals surface area contributed by atoms with Gasteiger partial charge in [-0.1, -0.05) is 35.5 Å². The van der Waals surface area contributed by atoms with Crippen LogP contribution in [0.3, 0.4) is 0 Å². The average Bonchev–Trinajstić information content (AvgIpc) is 2.58. The van der Waals surface area contributed by atoms with Gasteiger partial charge < -0.3 is 14.3 Å². The zero-order valence-corrected chi connectivity index (χ0v) is 12.7. The van der Waals surface area contributed by atoms with Gasteiger partial charge in [0.2, 0.25) is 0 Å². The summed E-state index contributed by atoms with van der Waals surface area (Å²) in [4.78, 5) is 4.67. The number of halogens is 1. The molecule has 23 heavy (non-hydrogen) atoms. The third kappa shape index (κ3) is 3.77. The van der Waals surface area contributed by atoms with Crippen LogP contribution in [0.4, 0.5) is 4.39 Å². The second-order valence-electron chi connectivity index (χ2n) is 4.45. The average molecular weight is 314 g/mol. The number of hydrogen-bond acceptors (Lipinski definition) is 5. The molecule has 0 aliphatic carbocycles. The van der Waals surface area contributed by atoms with Crippen molar-refractivity contribution in [3.63, 3.8) is 0 Å². The normalized spacial score (nSPS) is 10.8. The van der Waals surface area contributed by atoms with Crippen molar-refractivity contribution in [2.45, 2.75) is 6.61 Å². The van der Waals surface area contributed by atoms with Crippen LogP contribution in [0.5, 0.6) is 11.5 Å². The molecule has 0 aromatic heterocycles. The molecular weight excluding hydrogens is 299 g/mol. The van der Waals surface area contributed by atoms with Crippen molar-refractivity contribution in [3.8, 4) is 17.6 Å². The molecule has 0 atom stereocenters. The van der Waals surface area contributed by atoms with Gasteiger partial charge in [0.1, 0.15) is 19.8 Å². The lowest BCUT2D eigenvalue weighted by atomic mass is 10.0. The molecule has 0 aliphatic rings. The van der Waals surface area contributed by atoms with Crippen LogP contribution in [0.15, 0.2) is 47.6 Å². The van der Waals surface area contributed by atoms with Crippen LogP contribution in [0.1, 0.15) is 11.1 Å². The van der Waals surface area contributed by atoms with Crippen molar-refractivity contribution in [2.75, 3.05) is 14.2 Å². The van der Waals surface area contributed by atoms with Crippen LogP contribution in [0, 0.1) is 17.1 Å². The summed E-state index contributed by atoms with van der Waals surface area (Å²) in [5, 5.41) is 12.8. The largest absolute Gasteiger partial charge is 0.493 e. The molecule has 2 aromatic rings. The molecule has 0 fully saturated rings. The molecule has 0 bridgehead atoms. The van der Waals surface area contributed by atoms with E-state index in [1.54, 1.807) is 30.3 Å². The van der Waals surface area contributed by atoms with E-state index >= 15 is 0 Å². The van der Waals surface area contributed by atoms with Gasteiger partial charge in [-0.2, -0.15) is 5.26 Å². The summed E-state index contributed by atoms with van der Waals surface area (Å²) >= 11 is 0. The van der Waals surface area contributed by atoms with Gasteiger partial charge in [0.25, 0.3) is 0 Å². The van der Waals surface area contributed by atoms with Gasteiger partial charge in [-0.3, -0.25) is 0 Å². The molecule has 0 spiro atoms. The maximum absolute atomic E-state index is 13.9. The smallest absolute Gasteiger partial charge is 0.197 e. The van der Waals surface area contributed by atoms with Gasteiger partial charge >= 0.3 is 0 Å². The number of nitrogens with zero attached hydrogens (tertiary/aromatic N) is 2. The van der Waals surface area contributed by atoms with Gasteiger partial charge in [0.15, 0.2) is 23.0 Å². The minimum atomic E-state index is -0.520. The minimum absolute atomic E-state index is 0.0204. The number of methoxy groups -OCH3 is 1. The fraction of sp³-hybridized carbons (Fsp3) is 0.176. The number of oxime groups is 1. The van der Waals surface area contributed by atoms with Crippen molar-refractivity contribution >= 4 is 5.71 Å². The van der Waals surface area contributed by atoms with E-state index in [2.05, 4.69) is 9.99 Å². The quantitative estimate of drug-likeness (QED) is 0.606. The molecule has 2 rings (SSSR count). The van der Waals surface area contributed by atoms with E-state index in [-0.39, 0.29) is 18.1 Å². The second-order valence-corrected chi connectivity index (χ2v) is 4.45. The first-order valence-electron chi connectivity index (χ1n) is 6.76. The van der Waals surface area contributed by atoms with Crippen molar-refractivity contribution in [2.24, 2.45) is 5.16 Å². The number of para-hydroxylation sites is 1. The van der Waals surface area contributed by atoms with E-state index in [9.17, 15) is 4.39 Å². The first-order chi connectivity index (χ1) is 11.2. The summed E-state index contributed by atoms with van der Waals surface area (Å²) in [7, 11) is 2.80. The topological polar surface area (TPSA) is 63.8 Å². The lowest BCUT2D eigenvalue weighted by Crippen LogP contribution is -2.07. The van der Waals surface area contributed by atoms with E-state index in [0.29, 0.717) is 16.9 Å². The number of hydrogen-bond donors (Lipinski definition) is 0. The van der Waals surface area contributed by atoms with E-state index in [0.717, 1.165) is 0 Å². The maximum Gasteiger partial charge on any atom is 0.197 e. The Labute approximate surface area is 133 Å². The highest BCUT2D eigenvalue weighted by Gasteiger charge is 2.14. The molecule has 0 N–H and O–H groups in total. The predicted molar refractivity (Wildman–Crippen MR) is 82.9 cm³/mol. The molecule has 0 radical (unpaired) electrons. The van der Waals surface area contributed by atoms with Crippen LogP contribution < -0.4 is 9.47 Å². The zero-order valence-electron chi connectivity index (χ0n) is 12.7. The summed E-state index contributed by atoms with van der Waals surface area (Å²) < 4.78 is 24.5. The van der Waals surface area contributed by atoms with E-state index < -0.39 is 5.82 Å². The Balaban J connectivity index is 2.29. The third-order valence-corrected chi connectivity index (χ3v) is 3.08. The van der Waals surface area contributed by atoms with E-state index in [1.807, 2.05) is 6.07 Å². The highest BCUT2D eigenvalue weighted by molar-refractivity contribution is 6.12. The number of benzene rings is 2. The summed E-state index contributed by atoms with van der Waals surface area (Å²) in [6, 6.07) is 13.4. The van der Waals surface area contributed by atoms with Crippen molar-refractivity contribution in [1.82, 2.24) is 0 Å². The molecule has 0 amide bonds. The second kappa shape index (κ2) is 7.80. The lowest BCUT2D eigenvalue weighted by molar-refractivity contribution is 0.214. The molecule has 0 aliphatic heterocycles. The summed E-state index contributed by atoms with van der Waals surface area (Å²) in [6.45, 7) is 0.0535. The van der Waals surface area contributed by atoms with Gasteiger partial charge in [0.05, 0.1) is 7.11 Å². The fourth-order valence-electron chi connectivity index (χ4n) is 2.04. The lowest BCUT2D eigenvalue weighted by Gasteiger charge is -2.13. The van der Waals surface area contributed by atoms with Gasteiger partial charge in [-0.05, 0) is 17.7 Å². The summed E-state index contributed by atoms with van der Waals surface area (Å²) in [6.07, 6.45) is 0. The molecule has 0 saturated heterocycles. The van der Waals surface area contributed by atoms with Gasteiger partial charge in [-0.25, -0.2) is 4.39 Å². The first-order valence-corrected chi connectivity index (χ1v) is 6.76. The van der Waals surface area contributed by atoms with Crippen LogP contribution in [0.2, 0.25) is 0 Å². The Morgan fingerprint density at radius 2 is 1.96 bits per heavy atom. The zero-order chi connectivity index (χ0) is 16.7. The van der Waals surface area contributed by atoms with E-state index in [1.165, 1.54) is 26.4 Å². The number of ether oxygens (including phenoxy) is 2. The molecule has 2 aromatic carbocycles. The molecule has 0 saturated carbocycles. The minimum Gasteiger partial charge on any atom is -0.493 e. The standard InChI is InChI=1S/C17H15FN2O3/c1-21-16-9-5-8-14(18)17(16)23-11-12-6-3-4-7-13(12)15(10-19)20-22-2/h3-9H,11H2,1-2H3/b20-15-. The van der Waals surface area contributed by atoms with Crippen molar-refractivity contribution in [3.05, 3.63) is 59.4 Å². The molecule has 5 nitrogen and oxygen atoms in total. The SMILES string of the molecule is CO/N=C(/C#N)c1ccccc1COc1c(F)cccc1OC. The van der Waals surface area contributed by atoms with E-state index in [4.69, 9.17) is 14.7 Å². The van der Waals surface area contributed by atoms with Crippen LogP contribution in [-0.4, -0.2) is 19.9 Å². The molecule has 118 valence electrons. The predicted octanol–water partition coefficient (Wildman–Crippen LogP) is 3.29. The van der Waals surface area contributed by atoms with Crippen LogP contribution >= 0.6 is 0 Å². The third-order valence-electron chi connectivity index (χ3n) is 3.08. The van der Waals surface area contributed by atoms with Gasteiger partial charge in [0, 0.05) is 5.56 Å². The highest BCUT2D eigenvalue weighted by atomic mass is 19.1. The summed E-state index contributed by atoms with van der Waals surface area (Å²) in [5.74, 6) is -0.201. The Hall–Kier alpha value is -3.07. The Morgan fingerprint density at radius 1 is 1.17 bits per heavy atom. The maximum atomic E-state index is 13.9. The van der Waals surface area contributed by atoms with Gasteiger partial charge in [-0.15, -0.1) is 0 Å². The Bertz CT molecular complexity index is 754. The number of nitriles is 1. The van der Waals surface area contributed by atoms with Crippen molar-refractivity contribution in [1.29, 1.82) is 5.26 Å². The number of rotatable bonds is 6. The summed E-state index contributed by atoms with van der Waals surface area (Å²) in [5.41, 5.74) is 1.36. The fourth-order valence-corrected chi connectivity index (χ4v) is 2.04. The van der Waals surface area contributed by atoms with Crippen molar-refractivity contribution < 1.29 is 18.7 Å². The highest BCUT2D eigenvalue weighted by Crippen LogP contribution is 2.30. The van der Waals surface area contributed by atoms with Crippen LogP contribution in [0.25, 0.3) is 0 Å². The molecule has 0 unspecified atom stereocenters. The Morgan fingerprint density at radius 3 is 2.65 bits per heavy atom.